The third-order valence-electron chi connectivity index (χ3n) is 3.53. The van der Waals surface area contributed by atoms with Gasteiger partial charge in [0.05, 0.1) is 4.90 Å². The van der Waals surface area contributed by atoms with Gasteiger partial charge in [0.1, 0.15) is 11.9 Å². The fourth-order valence-corrected chi connectivity index (χ4v) is 3.59. The third-order valence-corrected chi connectivity index (χ3v) is 4.92. The van der Waals surface area contributed by atoms with E-state index in [1.165, 1.54) is 6.07 Å². The molecule has 1 aliphatic rings. The second kappa shape index (κ2) is 9.00. The number of fused-ring (bicyclic) bond motifs is 1. The highest BCUT2D eigenvalue weighted by molar-refractivity contribution is 7.90. The monoisotopic (exact) mass is 374 g/mol. The van der Waals surface area contributed by atoms with Crippen molar-refractivity contribution in [3.8, 4) is 0 Å². The SMILES string of the molecule is CCCCC(N=C1NS(=O)(=O)c2ccccc21)C(=O)NCCN.Cl. The van der Waals surface area contributed by atoms with Crippen molar-refractivity contribution in [3.63, 3.8) is 0 Å². The number of amides is 1. The number of amidine groups is 1. The van der Waals surface area contributed by atoms with E-state index in [0.29, 0.717) is 25.1 Å². The second-order valence-corrected chi connectivity index (χ2v) is 6.97. The number of hydrogen-bond donors (Lipinski definition) is 3. The molecule has 1 aliphatic heterocycles. The highest BCUT2D eigenvalue weighted by Gasteiger charge is 2.31. The fraction of sp³-hybridized carbons (Fsp3) is 0.467. The number of hydrogen-bond acceptors (Lipinski definition) is 5. The summed E-state index contributed by atoms with van der Waals surface area (Å²) in [5.74, 6) is -0.00965. The first kappa shape index (κ1) is 20.4. The third kappa shape index (κ3) is 4.68. The molecular weight excluding hydrogens is 352 g/mol. The number of sulfonamides is 1. The molecule has 1 heterocycles. The Morgan fingerprint density at radius 3 is 2.75 bits per heavy atom. The van der Waals surface area contributed by atoms with Crippen molar-refractivity contribution in [1.29, 1.82) is 0 Å². The van der Waals surface area contributed by atoms with E-state index in [0.717, 1.165) is 12.8 Å². The van der Waals surface area contributed by atoms with Gasteiger partial charge < -0.3 is 11.1 Å². The Balaban J connectivity index is 0.00000288. The van der Waals surface area contributed by atoms with Gasteiger partial charge in [0.2, 0.25) is 5.91 Å². The van der Waals surface area contributed by atoms with E-state index in [2.05, 4.69) is 15.0 Å². The summed E-state index contributed by atoms with van der Waals surface area (Å²) in [6.07, 6.45) is 2.31. The number of nitrogens with one attached hydrogen (secondary N) is 2. The molecular formula is C15H23ClN4O3S. The van der Waals surface area contributed by atoms with Crippen LogP contribution in [0.5, 0.6) is 0 Å². The van der Waals surface area contributed by atoms with E-state index in [1.54, 1.807) is 18.2 Å². The van der Waals surface area contributed by atoms with Gasteiger partial charge in [-0.2, -0.15) is 0 Å². The Hall–Kier alpha value is -1.64. The summed E-state index contributed by atoms with van der Waals surface area (Å²) in [6.45, 7) is 2.74. The minimum absolute atomic E-state index is 0. The second-order valence-electron chi connectivity index (χ2n) is 5.32. The summed E-state index contributed by atoms with van der Waals surface area (Å²) >= 11 is 0. The number of rotatable bonds is 7. The van der Waals surface area contributed by atoms with Crippen LogP contribution in [0.1, 0.15) is 31.7 Å². The summed E-state index contributed by atoms with van der Waals surface area (Å²) in [6, 6.07) is 5.97. The molecule has 0 aromatic heterocycles. The van der Waals surface area contributed by atoms with Gasteiger partial charge in [-0.3, -0.25) is 14.5 Å². The molecule has 0 spiro atoms. The molecule has 0 radical (unpaired) electrons. The van der Waals surface area contributed by atoms with Crippen LogP contribution in [0.2, 0.25) is 0 Å². The molecule has 9 heteroatoms. The normalized spacial score (nSPS) is 17.5. The summed E-state index contributed by atoms with van der Waals surface area (Å²) in [5, 5.41) is 2.71. The van der Waals surface area contributed by atoms with Crippen molar-refractivity contribution in [3.05, 3.63) is 29.8 Å². The maximum atomic E-state index is 12.2. The Bertz CT molecular complexity index is 706. The van der Waals surface area contributed by atoms with Crippen LogP contribution >= 0.6 is 12.4 Å². The van der Waals surface area contributed by atoms with Gasteiger partial charge >= 0.3 is 0 Å². The molecule has 4 N–H and O–H groups in total. The molecule has 2 rings (SSSR count). The largest absolute Gasteiger partial charge is 0.353 e. The predicted molar refractivity (Wildman–Crippen MR) is 95.9 cm³/mol. The summed E-state index contributed by atoms with van der Waals surface area (Å²) in [5.41, 5.74) is 5.90. The Morgan fingerprint density at radius 1 is 1.38 bits per heavy atom. The Kier molecular flexibility index (Phi) is 7.65. The van der Waals surface area contributed by atoms with Crippen LogP contribution in [0.4, 0.5) is 0 Å². The number of nitrogens with two attached hydrogens (primary N) is 1. The fourth-order valence-electron chi connectivity index (χ4n) is 2.35. The topological polar surface area (TPSA) is 114 Å². The van der Waals surface area contributed by atoms with Crippen molar-refractivity contribution in [2.45, 2.75) is 37.1 Å². The summed E-state index contributed by atoms with van der Waals surface area (Å²) in [4.78, 5) is 16.8. The molecule has 7 nitrogen and oxygen atoms in total. The van der Waals surface area contributed by atoms with Crippen LogP contribution < -0.4 is 15.8 Å². The lowest BCUT2D eigenvalue weighted by Gasteiger charge is -2.13. The zero-order valence-electron chi connectivity index (χ0n) is 13.5. The van der Waals surface area contributed by atoms with E-state index in [4.69, 9.17) is 5.73 Å². The van der Waals surface area contributed by atoms with E-state index in [-0.39, 0.29) is 29.0 Å². The molecule has 0 saturated heterocycles. The Morgan fingerprint density at radius 2 is 2.08 bits per heavy atom. The van der Waals surface area contributed by atoms with Gasteiger partial charge in [0, 0.05) is 18.7 Å². The number of carbonyl (C=O) groups is 1. The number of nitrogens with zero attached hydrogens (tertiary/aromatic N) is 1. The number of aliphatic imine (C=N–C) groups is 1. The number of carbonyl (C=O) groups excluding carboxylic acids is 1. The minimum Gasteiger partial charge on any atom is -0.353 e. The zero-order chi connectivity index (χ0) is 16.9. The molecule has 134 valence electrons. The highest BCUT2D eigenvalue weighted by atomic mass is 35.5. The molecule has 1 unspecified atom stereocenters. The van der Waals surface area contributed by atoms with Crippen molar-refractivity contribution in [2.24, 2.45) is 10.7 Å². The van der Waals surface area contributed by atoms with E-state index in [1.807, 2.05) is 6.92 Å². The Labute approximate surface area is 148 Å². The van der Waals surface area contributed by atoms with Crippen LogP contribution in [0.25, 0.3) is 0 Å². The van der Waals surface area contributed by atoms with Gasteiger partial charge in [-0.25, -0.2) is 8.42 Å². The lowest BCUT2D eigenvalue weighted by atomic mass is 10.1. The van der Waals surface area contributed by atoms with Crippen molar-refractivity contribution >= 4 is 34.2 Å². The molecule has 0 bridgehead atoms. The van der Waals surface area contributed by atoms with Crippen LogP contribution in [-0.2, 0) is 14.8 Å². The van der Waals surface area contributed by atoms with E-state index >= 15 is 0 Å². The van der Waals surface area contributed by atoms with Crippen LogP contribution in [0.3, 0.4) is 0 Å². The highest BCUT2D eigenvalue weighted by Crippen LogP contribution is 2.23. The van der Waals surface area contributed by atoms with Crippen molar-refractivity contribution < 1.29 is 13.2 Å². The molecule has 0 fully saturated rings. The number of unbranched alkanes of at least 4 members (excludes halogenated alkanes) is 1. The molecule has 1 aromatic carbocycles. The molecule has 24 heavy (non-hydrogen) atoms. The first-order chi connectivity index (χ1) is 11.0. The molecule has 1 aromatic rings. The average Bonchev–Trinajstić information content (AvgIpc) is 2.80. The molecule has 0 saturated carbocycles. The van der Waals surface area contributed by atoms with Gasteiger partial charge in [-0.05, 0) is 18.6 Å². The molecule has 1 amide bonds. The lowest BCUT2D eigenvalue weighted by Crippen LogP contribution is -2.38. The van der Waals surface area contributed by atoms with Gasteiger partial charge in [-0.1, -0.05) is 31.9 Å². The molecule has 1 atom stereocenters. The number of halogens is 1. The number of benzene rings is 1. The minimum atomic E-state index is -3.60. The first-order valence-corrected chi connectivity index (χ1v) is 9.15. The quantitative estimate of drug-likeness (QED) is 0.654. The van der Waals surface area contributed by atoms with Gasteiger partial charge in [0.25, 0.3) is 10.0 Å². The van der Waals surface area contributed by atoms with Crippen molar-refractivity contribution in [2.75, 3.05) is 13.1 Å². The summed E-state index contributed by atoms with van der Waals surface area (Å²) < 4.78 is 26.6. The van der Waals surface area contributed by atoms with Crippen LogP contribution in [0.15, 0.2) is 34.2 Å². The van der Waals surface area contributed by atoms with Crippen LogP contribution in [-0.4, -0.2) is 39.3 Å². The average molecular weight is 375 g/mol. The predicted octanol–water partition coefficient (Wildman–Crippen LogP) is 0.781. The first-order valence-electron chi connectivity index (χ1n) is 7.67. The molecule has 0 aliphatic carbocycles. The summed E-state index contributed by atoms with van der Waals surface area (Å²) in [7, 11) is -3.60. The maximum absolute atomic E-state index is 12.2. The lowest BCUT2D eigenvalue weighted by molar-refractivity contribution is -0.122. The van der Waals surface area contributed by atoms with E-state index < -0.39 is 16.1 Å². The van der Waals surface area contributed by atoms with Gasteiger partial charge in [-0.15, -0.1) is 12.4 Å². The van der Waals surface area contributed by atoms with Crippen molar-refractivity contribution in [1.82, 2.24) is 10.0 Å². The standard InChI is InChI=1S/C15H22N4O3S.ClH/c1-2-3-7-12(15(20)17-10-9-16)18-14-11-6-4-5-8-13(11)23(21,22)19-14;/h4-6,8,12H,2-3,7,9-10,16H2,1H3,(H,17,20)(H,18,19);1H. The van der Waals surface area contributed by atoms with Crippen LogP contribution in [0, 0.1) is 0 Å². The zero-order valence-corrected chi connectivity index (χ0v) is 15.1. The maximum Gasteiger partial charge on any atom is 0.263 e. The van der Waals surface area contributed by atoms with Gasteiger partial charge in [0.15, 0.2) is 0 Å². The van der Waals surface area contributed by atoms with E-state index in [9.17, 15) is 13.2 Å². The smallest absolute Gasteiger partial charge is 0.263 e.